The molecule has 0 aromatic heterocycles. The second kappa shape index (κ2) is 7.47. The smallest absolute Gasteiger partial charge is 0.231 e. The maximum absolute atomic E-state index is 12.4. The Labute approximate surface area is 138 Å². The molecule has 1 aromatic carbocycles. The first-order valence-electron chi connectivity index (χ1n) is 8.36. The second-order valence-electron chi connectivity index (χ2n) is 6.32. The van der Waals surface area contributed by atoms with Crippen molar-refractivity contribution in [3.8, 4) is 0 Å². The highest BCUT2D eigenvalue weighted by Crippen LogP contribution is 2.24. The molecule has 1 aliphatic carbocycles. The number of benzene rings is 1. The van der Waals surface area contributed by atoms with Crippen molar-refractivity contribution < 1.29 is 4.79 Å². The lowest BCUT2D eigenvalue weighted by atomic mass is 9.94. The third-order valence-electron chi connectivity index (χ3n) is 4.90. The summed E-state index contributed by atoms with van der Waals surface area (Å²) in [4.78, 5) is 16.9. The number of nitrogens with zero attached hydrogens (tertiary/aromatic N) is 2. The Morgan fingerprint density at radius 2 is 1.73 bits per heavy atom. The zero-order chi connectivity index (χ0) is 15.4. The highest BCUT2D eigenvalue weighted by Gasteiger charge is 2.27. The van der Waals surface area contributed by atoms with E-state index < -0.39 is 0 Å². The Kier molecular flexibility index (Phi) is 5.37. The van der Waals surface area contributed by atoms with Crippen molar-refractivity contribution in [3.63, 3.8) is 0 Å². The van der Waals surface area contributed by atoms with E-state index in [1.807, 2.05) is 29.2 Å². The molecule has 1 heterocycles. The van der Waals surface area contributed by atoms with E-state index >= 15 is 0 Å². The maximum atomic E-state index is 12.4. The average molecular weight is 320 g/mol. The minimum absolute atomic E-state index is 0.0800. The summed E-state index contributed by atoms with van der Waals surface area (Å²) in [5.41, 5.74) is 0.809. The fourth-order valence-electron chi connectivity index (χ4n) is 3.57. The molecule has 1 saturated carbocycles. The second-order valence-corrected chi connectivity index (χ2v) is 6.73. The van der Waals surface area contributed by atoms with Crippen molar-refractivity contribution >= 4 is 17.5 Å². The number of hydrogen-bond donors (Lipinski definition) is 0. The highest BCUT2D eigenvalue weighted by molar-refractivity contribution is 6.31. The van der Waals surface area contributed by atoms with Gasteiger partial charge in [-0.3, -0.25) is 9.69 Å². The zero-order valence-electron chi connectivity index (χ0n) is 13.0. The van der Waals surface area contributed by atoms with Crippen LogP contribution in [0.3, 0.4) is 0 Å². The van der Waals surface area contributed by atoms with E-state index in [0.717, 1.165) is 37.8 Å². The van der Waals surface area contributed by atoms with Gasteiger partial charge >= 0.3 is 0 Å². The lowest BCUT2D eigenvalue weighted by Crippen LogP contribution is -2.52. The summed E-state index contributed by atoms with van der Waals surface area (Å²) in [6.45, 7) is 3.67. The molecule has 1 amide bonds. The standard InChI is InChI=1S/C18H24ClN2O/c19-17-9-5-4-6-15(17)14-18(22)21-12-10-20(11-13-21)16-7-2-1-3-8-16/h4-6,9,14,16H,1-3,7-8,10-13H2. The van der Waals surface area contributed by atoms with Crippen LogP contribution in [0, 0.1) is 6.42 Å². The number of amides is 1. The monoisotopic (exact) mass is 319 g/mol. The lowest BCUT2D eigenvalue weighted by Gasteiger charge is -2.40. The Hall–Kier alpha value is -1.06. The molecule has 1 saturated heterocycles. The van der Waals surface area contributed by atoms with Gasteiger partial charge in [-0.05, 0) is 24.5 Å². The molecule has 0 unspecified atom stereocenters. The molecule has 2 aliphatic rings. The van der Waals surface area contributed by atoms with E-state index in [1.54, 1.807) is 6.42 Å². The van der Waals surface area contributed by atoms with Crippen LogP contribution in [0.2, 0.25) is 5.02 Å². The SMILES string of the molecule is O=C([CH]c1ccccc1Cl)N1CCN(C2CCCCC2)CC1. The number of piperazine rings is 1. The Morgan fingerprint density at radius 3 is 2.41 bits per heavy atom. The van der Waals surface area contributed by atoms with Crippen molar-refractivity contribution in [1.29, 1.82) is 0 Å². The van der Waals surface area contributed by atoms with Gasteiger partial charge in [-0.2, -0.15) is 0 Å². The molecular formula is C18H24ClN2O. The van der Waals surface area contributed by atoms with E-state index in [9.17, 15) is 4.79 Å². The van der Waals surface area contributed by atoms with Gasteiger partial charge in [-0.15, -0.1) is 0 Å². The van der Waals surface area contributed by atoms with Crippen LogP contribution < -0.4 is 0 Å². The number of carbonyl (C=O) groups excluding carboxylic acids is 1. The molecule has 0 atom stereocenters. The molecule has 0 bridgehead atoms. The molecule has 2 fully saturated rings. The summed E-state index contributed by atoms with van der Waals surface area (Å²) in [6.07, 6.45) is 8.45. The topological polar surface area (TPSA) is 23.6 Å². The zero-order valence-corrected chi connectivity index (χ0v) is 13.8. The number of carbonyl (C=O) groups is 1. The van der Waals surface area contributed by atoms with Gasteiger partial charge < -0.3 is 4.90 Å². The first kappa shape index (κ1) is 15.8. The van der Waals surface area contributed by atoms with Gasteiger partial charge in [0.1, 0.15) is 0 Å². The Morgan fingerprint density at radius 1 is 1.05 bits per heavy atom. The fraction of sp³-hybridized carbons (Fsp3) is 0.556. The Bertz CT molecular complexity index is 506. The average Bonchev–Trinajstić information content (AvgIpc) is 2.58. The lowest BCUT2D eigenvalue weighted by molar-refractivity contribution is -0.129. The normalized spacial score (nSPS) is 21.0. The first-order chi connectivity index (χ1) is 10.7. The van der Waals surface area contributed by atoms with E-state index in [4.69, 9.17) is 11.6 Å². The summed E-state index contributed by atoms with van der Waals surface area (Å²) >= 11 is 6.12. The van der Waals surface area contributed by atoms with Crippen LogP contribution in [0.15, 0.2) is 24.3 Å². The third kappa shape index (κ3) is 3.82. The van der Waals surface area contributed by atoms with Gasteiger partial charge in [0.15, 0.2) is 0 Å². The van der Waals surface area contributed by atoms with Crippen molar-refractivity contribution in [2.45, 2.75) is 38.1 Å². The van der Waals surface area contributed by atoms with Gasteiger partial charge in [0, 0.05) is 37.2 Å². The molecule has 0 spiro atoms. The molecule has 119 valence electrons. The van der Waals surface area contributed by atoms with Crippen molar-refractivity contribution in [3.05, 3.63) is 41.3 Å². The van der Waals surface area contributed by atoms with E-state index in [2.05, 4.69) is 4.90 Å². The Balaban J connectivity index is 1.50. The van der Waals surface area contributed by atoms with E-state index in [-0.39, 0.29) is 5.91 Å². The molecule has 22 heavy (non-hydrogen) atoms. The predicted octanol–water partition coefficient (Wildman–Crippen LogP) is 3.37. The maximum Gasteiger partial charge on any atom is 0.231 e. The van der Waals surface area contributed by atoms with Gasteiger partial charge in [-0.25, -0.2) is 0 Å². The largest absolute Gasteiger partial charge is 0.340 e. The van der Waals surface area contributed by atoms with Crippen molar-refractivity contribution in [2.24, 2.45) is 0 Å². The van der Waals surface area contributed by atoms with Gasteiger partial charge in [0.2, 0.25) is 5.91 Å². The van der Waals surface area contributed by atoms with Crippen LogP contribution in [0.4, 0.5) is 0 Å². The molecule has 1 radical (unpaired) electrons. The molecule has 3 nitrogen and oxygen atoms in total. The van der Waals surface area contributed by atoms with E-state index in [0.29, 0.717) is 5.02 Å². The molecule has 4 heteroatoms. The minimum Gasteiger partial charge on any atom is -0.340 e. The molecular weight excluding hydrogens is 296 g/mol. The van der Waals surface area contributed by atoms with Crippen molar-refractivity contribution in [2.75, 3.05) is 26.2 Å². The van der Waals surface area contributed by atoms with Crippen LogP contribution in [0.1, 0.15) is 37.7 Å². The summed E-state index contributed by atoms with van der Waals surface area (Å²) < 4.78 is 0. The first-order valence-corrected chi connectivity index (χ1v) is 8.74. The number of halogens is 1. The number of hydrogen-bond acceptors (Lipinski definition) is 2. The van der Waals surface area contributed by atoms with Gasteiger partial charge in [0.25, 0.3) is 0 Å². The number of rotatable bonds is 3. The quantitative estimate of drug-likeness (QED) is 0.853. The van der Waals surface area contributed by atoms with Gasteiger partial charge in [0.05, 0.1) is 6.42 Å². The van der Waals surface area contributed by atoms with Crippen molar-refractivity contribution in [1.82, 2.24) is 9.80 Å². The molecule has 1 aromatic rings. The van der Waals surface area contributed by atoms with Crippen LogP contribution in [-0.4, -0.2) is 47.9 Å². The summed E-state index contributed by atoms with van der Waals surface area (Å²) in [7, 11) is 0. The summed E-state index contributed by atoms with van der Waals surface area (Å²) in [5.74, 6) is 0.0800. The van der Waals surface area contributed by atoms with Crippen LogP contribution >= 0.6 is 11.6 Å². The fourth-order valence-corrected chi connectivity index (χ4v) is 3.76. The highest BCUT2D eigenvalue weighted by atomic mass is 35.5. The van der Waals surface area contributed by atoms with Crippen LogP contribution in [0.5, 0.6) is 0 Å². The third-order valence-corrected chi connectivity index (χ3v) is 5.25. The summed E-state index contributed by atoms with van der Waals surface area (Å²) in [5, 5.41) is 0.636. The van der Waals surface area contributed by atoms with Gasteiger partial charge in [-0.1, -0.05) is 49.1 Å². The van der Waals surface area contributed by atoms with Crippen LogP contribution in [0.25, 0.3) is 0 Å². The molecule has 1 aliphatic heterocycles. The van der Waals surface area contributed by atoms with E-state index in [1.165, 1.54) is 32.1 Å². The molecule has 3 rings (SSSR count). The summed E-state index contributed by atoms with van der Waals surface area (Å²) in [6, 6.07) is 8.25. The van der Waals surface area contributed by atoms with Crippen LogP contribution in [-0.2, 0) is 4.79 Å². The minimum atomic E-state index is 0.0800. The molecule has 0 N–H and O–H groups in total. The predicted molar refractivity (Wildman–Crippen MR) is 89.9 cm³/mol.